The number of halogens is 1. The molecule has 14 nitrogen and oxygen atoms in total. The summed E-state index contributed by atoms with van der Waals surface area (Å²) in [6.07, 6.45) is -2.05. The molecule has 0 radical (unpaired) electrons. The van der Waals surface area contributed by atoms with Crippen LogP contribution in [0.25, 0.3) is 5.52 Å². The van der Waals surface area contributed by atoms with E-state index in [1.807, 2.05) is 13.8 Å². The molecule has 4 aromatic rings. The fourth-order valence-corrected chi connectivity index (χ4v) is 6.75. The summed E-state index contributed by atoms with van der Waals surface area (Å²) in [6.45, 7) is 3.45. The molecule has 1 saturated heterocycles. The molecule has 0 bridgehead atoms. The Kier molecular flexibility index (Phi) is 12.3. The van der Waals surface area contributed by atoms with E-state index in [4.69, 9.17) is 18.5 Å². The van der Waals surface area contributed by atoms with Gasteiger partial charge in [-0.1, -0.05) is 63.1 Å². The summed E-state index contributed by atoms with van der Waals surface area (Å²) >= 11 is 0. The van der Waals surface area contributed by atoms with Crippen molar-refractivity contribution < 1.29 is 47.3 Å². The number of esters is 1. The number of nitrogens with one attached hydrogen (secondary N) is 1. The first-order valence-corrected chi connectivity index (χ1v) is 18.1. The third kappa shape index (κ3) is 8.68. The van der Waals surface area contributed by atoms with E-state index in [9.17, 15) is 28.8 Å². The lowest BCUT2D eigenvalue weighted by molar-refractivity contribution is -0.146. The van der Waals surface area contributed by atoms with Gasteiger partial charge in [-0.05, 0) is 49.2 Å². The number of aliphatic imine (C=N–C) groups is 1. The van der Waals surface area contributed by atoms with Crippen LogP contribution < -0.4 is 9.84 Å². The highest BCUT2D eigenvalue weighted by atomic mass is 31.2. The van der Waals surface area contributed by atoms with E-state index in [0.29, 0.717) is 11.1 Å². The van der Waals surface area contributed by atoms with Crippen LogP contribution in [0.15, 0.2) is 84.1 Å². The topological polar surface area (TPSA) is 183 Å². The Morgan fingerprint density at radius 1 is 1.10 bits per heavy atom. The second-order valence-electron chi connectivity index (χ2n) is 12.1. The fraction of sp³-hybridized carbons (Fsp3) is 0.400. The Balaban J connectivity index is 1.35. The molecule has 16 heteroatoms. The zero-order chi connectivity index (χ0) is 36.6. The molecule has 1 aliphatic rings. The van der Waals surface area contributed by atoms with Crippen molar-refractivity contribution >= 4 is 36.8 Å². The van der Waals surface area contributed by atoms with Crippen LogP contribution in [0.4, 0.5) is 10.2 Å². The largest absolute Gasteiger partial charge is 0.464 e. The second kappa shape index (κ2) is 16.7. The van der Waals surface area contributed by atoms with Gasteiger partial charge in [0.25, 0.3) is 5.91 Å². The highest BCUT2D eigenvalue weighted by Gasteiger charge is 2.56. The van der Waals surface area contributed by atoms with E-state index in [-0.39, 0.29) is 29.8 Å². The normalized spacial score (nSPS) is 22.2. The predicted octanol–water partition coefficient (Wildman–Crippen LogP) is 5.17. The van der Waals surface area contributed by atoms with Gasteiger partial charge < -0.3 is 29.5 Å². The molecule has 51 heavy (non-hydrogen) atoms. The third-order valence-electron chi connectivity index (χ3n) is 8.65. The Hall–Kier alpha value is -4.53. The Labute approximate surface area is 294 Å². The molecule has 1 aliphatic heterocycles. The number of benzene rings is 2. The molecule has 3 heterocycles. The van der Waals surface area contributed by atoms with Gasteiger partial charge in [0.2, 0.25) is 0 Å². The molecule has 2 aromatic heterocycles. The monoisotopic (exact) mass is 725 g/mol. The van der Waals surface area contributed by atoms with E-state index < -0.39 is 62.7 Å². The van der Waals surface area contributed by atoms with Gasteiger partial charge in [0.15, 0.2) is 5.82 Å². The standard InChI is InChI=1S/C35H41FN5O9P/c1-4-24(5-2)18-47-34(45)23(3)38-22-51(46,50-26-14-10-7-11-15-26)48-20-35(19-36)31(43)29(42)30(49-35)27-16-17-28-32(37-21-39-41(27)28)40-33(44)25-12-8-6-9-13-25/h6-17,21-24,29-31,42-43H,4-5,18-20H2,1-3H3,(H,37,39,40,44)/b38-22-/t23-,29-,30-,31-,35+,51-/m0/s1. The highest BCUT2D eigenvalue weighted by molar-refractivity contribution is 7.70. The number of aromatic nitrogens is 3. The van der Waals surface area contributed by atoms with Crippen molar-refractivity contribution in [2.24, 2.45) is 10.9 Å². The zero-order valence-corrected chi connectivity index (χ0v) is 29.3. The number of para-hydroxylation sites is 1. The quantitative estimate of drug-likeness (QED) is 0.0787. The molecule has 0 aliphatic carbocycles. The lowest BCUT2D eigenvalue weighted by Crippen LogP contribution is -2.48. The summed E-state index contributed by atoms with van der Waals surface area (Å²) in [6, 6.07) is 18.5. The first kappa shape index (κ1) is 37.7. The average Bonchev–Trinajstić information content (AvgIpc) is 3.69. The molecule has 0 spiro atoms. The maximum atomic E-state index is 14.9. The number of nitrogens with zero attached hydrogens (tertiary/aromatic N) is 4. The summed E-state index contributed by atoms with van der Waals surface area (Å²) < 4.78 is 53.0. The van der Waals surface area contributed by atoms with Gasteiger partial charge in [0.05, 0.1) is 18.9 Å². The number of anilines is 1. The number of fused-ring (bicyclic) bond motifs is 1. The first-order valence-electron chi connectivity index (χ1n) is 16.5. The third-order valence-corrected chi connectivity index (χ3v) is 10.0. The smallest absolute Gasteiger partial charge is 0.421 e. The zero-order valence-electron chi connectivity index (χ0n) is 28.4. The fourth-order valence-electron chi connectivity index (χ4n) is 5.41. The number of rotatable bonds is 16. The molecule has 5 rings (SSSR count). The summed E-state index contributed by atoms with van der Waals surface area (Å²) in [5, 5.41) is 29.2. The number of carbonyl (C=O) groups is 2. The molecule has 272 valence electrons. The van der Waals surface area contributed by atoms with Crippen molar-refractivity contribution in [3.8, 4) is 5.75 Å². The minimum Gasteiger partial charge on any atom is -0.464 e. The maximum Gasteiger partial charge on any atom is 0.421 e. The van der Waals surface area contributed by atoms with Gasteiger partial charge in [0.1, 0.15) is 60.2 Å². The van der Waals surface area contributed by atoms with Gasteiger partial charge in [0, 0.05) is 5.56 Å². The van der Waals surface area contributed by atoms with Gasteiger partial charge >= 0.3 is 13.6 Å². The van der Waals surface area contributed by atoms with E-state index in [1.165, 1.54) is 36.0 Å². The lowest BCUT2D eigenvalue weighted by Gasteiger charge is -2.30. The summed E-state index contributed by atoms with van der Waals surface area (Å²) in [5.41, 5.74) is -1.28. The van der Waals surface area contributed by atoms with Gasteiger partial charge in [-0.2, -0.15) is 5.10 Å². The predicted molar refractivity (Wildman–Crippen MR) is 186 cm³/mol. The minimum absolute atomic E-state index is 0.130. The molecule has 0 saturated carbocycles. The summed E-state index contributed by atoms with van der Waals surface area (Å²) in [4.78, 5) is 33.7. The number of amides is 1. The van der Waals surface area contributed by atoms with E-state index in [1.54, 1.807) is 54.6 Å². The summed E-state index contributed by atoms with van der Waals surface area (Å²) in [5.74, 6) is 0.257. The molecule has 2 aromatic carbocycles. The van der Waals surface area contributed by atoms with Crippen molar-refractivity contribution in [1.82, 2.24) is 14.6 Å². The van der Waals surface area contributed by atoms with Crippen LogP contribution in [0.5, 0.6) is 5.75 Å². The van der Waals surface area contributed by atoms with E-state index in [0.717, 1.165) is 18.8 Å². The summed E-state index contributed by atoms with van der Waals surface area (Å²) in [7, 11) is -4.41. The van der Waals surface area contributed by atoms with Crippen molar-refractivity contribution in [3.63, 3.8) is 0 Å². The van der Waals surface area contributed by atoms with Crippen LogP contribution in [0.1, 0.15) is 55.8 Å². The maximum absolute atomic E-state index is 14.9. The number of hydrogen-bond donors (Lipinski definition) is 3. The van der Waals surface area contributed by atoms with Crippen LogP contribution >= 0.6 is 7.60 Å². The van der Waals surface area contributed by atoms with Crippen LogP contribution in [-0.2, 0) is 23.4 Å². The van der Waals surface area contributed by atoms with Gasteiger partial charge in [-0.15, -0.1) is 0 Å². The molecular weight excluding hydrogens is 684 g/mol. The van der Waals surface area contributed by atoms with Crippen LogP contribution in [0.3, 0.4) is 0 Å². The number of ether oxygens (including phenoxy) is 2. The number of aliphatic hydroxyl groups is 2. The molecule has 1 amide bonds. The van der Waals surface area contributed by atoms with Crippen molar-refractivity contribution in [2.75, 3.05) is 25.2 Å². The van der Waals surface area contributed by atoms with E-state index in [2.05, 4.69) is 20.4 Å². The molecule has 1 fully saturated rings. The second-order valence-corrected chi connectivity index (χ2v) is 13.9. The first-order chi connectivity index (χ1) is 24.5. The number of aliphatic hydroxyl groups excluding tert-OH is 2. The van der Waals surface area contributed by atoms with E-state index >= 15 is 0 Å². The van der Waals surface area contributed by atoms with Gasteiger partial charge in [-0.25, -0.2) is 23.2 Å². The van der Waals surface area contributed by atoms with Crippen molar-refractivity contribution in [3.05, 3.63) is 90.4 Å². The SMILES string of the molecule is CCC(CC)COC(=O)[C@H](C)/N=C\[P@](=O)(OC[C@@]1(CF)O[C@@H](c2ccc3c(NC(=O)c4ccccc4)ncnn23)[C@H](O)[C@@H]1O)Oc1ccccc1. The number of hydrogen-bond acceptors (Lipinski definition) is 12. The Morgan fingerprint density at radius 3 is 2.45 bits per heavy atom. The molecule has 3 N–H and O–H groups in total. The molecule has 6 atom stereocenters. The Morgan fingerprint density at radius 2 is 1.78 bits per heavy atom. The lowest BCUT2D eigenvalue weighted by atomic mass is 9.96. The molecular formula is C35H41FN5O9P. The number of carbonyl (C=O) groups excluding carboxylic acids is 2. The Bertz CT molecular complexity index is 1860. The highest BCUT2D eigenvalue weighted by Crippen LogP contribution is 2.49. The number of alkyl halides is 1. The van der Waals surface area contributed by atoms with Crippen LogP contribution in [0.2, 0.25) is 0 Å². The minimum atomic E-state index is -4.41. The van der Waals surface area contributed by atoms with Crippen LogP contribution in [-0.4, -0.2) is 86.4 Å². The van der Waals surface area contributed by atoms with Gasteiger partial charge in [-0.3, -0.25) is 14.3 Å². The molecule has 0 unspecified atom stereocenters. The van der Waals surface area contributed by atoms with Crippen molar-refractivity contribution in [1.29, 1.82) is 0 Å². The van der Waals surface area contributed by atoms with Crippen molar-refractivity contribution in [2.45, 2.75) is 63.6 Å². The average molecular weight is 726 g/mol. The van der Waals surface area contributed by atoms with Crippen LogP contribution in [0, 0.1) is 5.92 Å².